The minimum absolute atomic E-state index is 0.0995. The summed E-state index contributed by atoms with van der Waals surface area (Å²) in [6.45, 7) is 7.91. The van der Waals surface area contributed by atoms with Gasteiger partial charge in [-0.05, 0) is 44.7 Å². The van der Waals surface area contributed by atoms with Crippen molar-refractivity contribution in [2.24, 2.45) is 5.92 Å². The smallest absolute Gasteiger partial charge is 0.262 e. The van der Waals surface area contributed by atoms with Crippen molar-refractivity contribution in [3.8, 4) is 0 Å². The monoisotopic (exact) mass is 328 g/mol. The highest BCUT2D eigenvalue weighted by Gasteiger charge is 2.41. The maximum atomic E-state index is 12.8. The van der Waals surface area contributed by atoms with Crippen molar-refractivity contribution in [1.82, 2.24) is 9.80 Å². The Labute approximate surface area is 142 Å². The second kappa shape index (κ2) is 6.04. The number of hydrogen-bond donors (Lipinski definition) is 0. The zero-order valence-electron chi connectivity index (χ0n) is 14.7. The van der Waals surface area contributed by atoms with Crippen LogP contribution >= 0.6 is 0 Å². The number of benzene rings is 1. The van der Waals surface area contributed by atoms with E-state index in [9.17, 15) is 14.4 Å². The van der Waals surface area contributed by atoms with Gasteiger partial charge in [-0.25, -0.2) is 0 Å². The Balaban J connectivity index is 1.80. The van der Waals surface area contributed by atoms with E-state index in [1.807, 2.05) is 24.8 Å². The van der Waals surface area contributed by atoms with E-state index in [1.165, 1.54) is 0 Å². The molecule has 1 aliphatic carbocycles. The molecule has 0 spiro atoms. The lowest BCUT2D eigenvalue weighted by Crippen LogP contribution is -2.48. The molecule has 24 heavy (non-hydrogen) atoms. The highest BCUT2D eigenvalue weighted by Crippen LogP contribution is 2.31. The second-order valence-electron chi connectivity index (χ2n) is 7.26. The van der Waals surface area contributed by atoms with Crippen LogP contribution in [-0.2, 0) is 4.79 Å². The molecular formula is C19H24N2O3. The maximum absolute atomic E-state index is 12.8. The minimum Gasteiger partial charge on any atom is -0.335 e. The summed E-state index contributed by atoms with van der Waals surface area (Å²) >= 11 is 0. The average Bonchev–Trinajstić information content (AvgIpc) is 3.32. The lowest BCUT2D eigenvalue weighted by atomic mass is 10.0. The first-order valence-corrected chi connectivity index (χ1v) is 8.59. The Hall–Kier alpha value is -2.17. The molecule has 1 aromatic rings. The van der Waals surface area contributed by atoms with Crippen molar-refractivity contribution in [3.05, 3.63) is 34.9 Å². The molecule has 5 heteroatoms. The molecule has 5 nitrogen and oxygen atoms in total. The third-order valence-corrected chi connectivity index (χ3v) is 5.05. The second-order valence-corrected chi connectivity index (χ2v) is 7.26. The van der Waals surface area contributed by atoms with Crippen LogP contribution in [0.1, 0.15) is 59.9 Å². The molecule has 1 fully saturated rings. The number of carbonyl (C=O) groups excluding carboxylic acids is 3. The summed E-state index contributed by atoms with van der Waals surface area (Å²) < 4.78 is 0. The summed E-state index contributed by atoms with van der Waals surface area (Å²) in [5.41, 5.74) is 1.73. The van der Waals surface area contributed by atoms with E-state index in [4.69, 9.17) is 0 Å². The lowest BCUT2D eigenvalue weighted by molar-refractivity contribution is -0.135. The standard InChI is InChI=1S/C19H24N2O3/c1-11(2)13(4)21(14-6-7-14)17(22)10-20-18(23)15-8-5-12(3)9-16(15)19(20)24/h5,8-9,11,13-14H,6-7,10H2,1-4H3/t13-/m1/s1. The van der Waals surface area contributed by atoms with Crippen LogP contribution in [0.4, 0.5) is 0 Å². The zero-order valence-corrected chi connectivity index (χ0v) is 14.7. The molecule has 0 N–H and O–H groups in total. The van der Waals surface area contributed by atoms with Gasteiger partial charge in [0.25, 0.3) is 11.8 Å². The third-order valence-electron chi connectivity index (χ3n) is 5.05. The number of aryl methyl sites for hydroxylation is 1. The minimum atomic E-state index is -0.365. The topological polar surface area (TPSA) is 57.7 Å². The van der Waals surface area contributed by atoms with Gasteiger partial charge in [-0.2, -0.15) is 0 Å². The van der Waals surface area contributed by atoms with Crippen LogP contribution in [0.15, 0.2) is 18.2 Å². The van der Waals surface area contributed by atoms with Gasteiger partial charge >= 0.3 is 0 Å². The van der Waals surface area contributed by atoms with Gasteiger partial charge in [-0.1, -0.05) is 25.5 Å². The van der Waals surface area contributed by atoms with Crippen molar-refractivity contribution in [2.75, 3.05) is 6.54 Å². The molecular weight excluding hydrogens is 304 g/mol. The van der Waals surface area contributed by atoms with Gasteiger partial charge in [-0.3, -0.25) is 19.3 Å². The van der Waals surface area contributed by atoms with Crippen LogP contribution in [-0.4, -0.2) is 46.1 Å². The van der Waals surface area contributed by atoms with Crippen molar-refractivity contribution in [3.63, 3.8) is 0 Å². The van der Waals surface area contributed by atoms with E-state index >= 15 is 0 Å². The fourth-order valence-electron chi connectivity index (χ4n) is 3.20. The summed E-state index contributed by atoms with van der Waals surface area (Å²) in [7, 11) is 0. The van der Waals surface area contributed by atoms with Gasteiger partial charge in [0.1, 0.15) is 6.54 Å². The molecule has 3 rings (SSSR count). The van der Waals surface area contributed by atoms with Gasteiger partial charge in [0.15, 0.2) is 0 Å². The summed E-state index contributed by atoms with van der Waals surface area (Å²) in [6.07, 6.45) is 2.01. The first kappa shape index (κ1) is 16.7. The van der Waals surface area contributed by atoms with Crippen LogP contribution in [0.3, 0.4) is 0 Å². The largest absolute Gasteiger partial charge is 0.335 e. The molecule has 1 aromatic carbocycles. The first-order valence-electron chi connectivity index (χ1n) is 8.59. The SMILES string of the molecule is Cc1ccc2c(c1)C(=O)N(CC(=O)N(C1CC1)[C@H](C)C(C)C)C2=O. The fourth-order valence-corrected chi connectivity index (χ4v) is 3.20. The van der Waals surface area contributed by atoms with E-state index in [2.05, 4.69) is 13.8 Å². The normalized spacial score (nSPS) is 18.1. The van der Waals surface area contributed by atoms with E-state index < -0.39 is 0 Å². The molecule has 0 bridgehead atoms. The van der Waals surface area contributed by atoms with Crippen LogP contribution in [0.5, 0.6) is 0 Å². The Morgan fingerprint density at radius 3 is 2.38 bits per heavy atom. The zero-order chi connectivity index (χ0) is 17.6. The summed E-state index contributed by atoms with van der Waals surface area (Å²) in [6, 6.07) is 5.56. The number of hydrogen-bond acceptors (Lipinski definition) is 3. The summed E-state index contributed by atoms with van der Waals surface area (Å²) in [5.74, 6) is -0.527. The third kappa shape index (κ3) is 2.83. The van der Waals surface area contributed by atoms with Gasteiger partial charge < -0.3 is 4.90 Å². The Morgan fingerprint density at radius 2 is 1.79 bits per heavy atom. The first-order chi connectivity index (χ1) is 11.3. The molecule has 0 radical (unpaired) electrons. The molecule has 1 atom stereocenters. The van der Waals surface area contributed by atoms with Crippen molar-refractivity contribution >= 4 is 17.7 Å². The lowest BCUT2D eigenvalue weighted by Gasteiger charge is -2.33. The Morgan fingerprint density at radius 1 is 1.17 bits per heavy atom. The quantitative estimate of drug-likeness (QED) is 0.781. The highest BCUT2D eigenvalue weighted by molar-refractivity contribution is 6.22. The van der Waals surface area contributed by atoms with Crippen LogP contribution in [0, 0.1) is 12.8 Å². The van der Waals surface area contributed by atoms with E-state index in [0.717, 1.165) is 23.3 Å². The van der Waals surface area contributed by atoms with Crippen molar-refractivity contribution in [1.29, 1.82) is 0 Å². The fraction of sp³-hybridized carbons (Fsp3) is 0.526. The number of nitrogens with zero attached hydrogens (tertiary/aromatic N) is 2. The number of rotatable bonds is 5. The van der Waals surface area contributed by atoms with Crippen LogP contribution in [0.25, 0.3) is 0 Å². The summed E-state index contributed by atoms with van der Waals surface area (Å²) in [4.78, 5) is 40.8. The van der Waals surface area contributed by atoms with Gasteiger partial charge in [0, 0.05) is 12.1 Å². The van der Waals surface area contributed by atoms with E-state index in [-0.39, 0.29) is 36.3 Å². The predicted octanol–water partition coefficient (Wildman–Crippen LogP) is 2.63. The van der Waals surface area contributed by atoms with Gasteiger partial charge in [-0.15, -0.1) is 0 Å². The van der Waals surface area contributed by atoms with Gasteiger partial charge in [0.05, 0.1) is 11.1 Å². The van der Waals surface area contributed by atoms with E-state index in [1.54, 1.807) is 12.1 Å². The highest BCUT2D eigenvalue weighted by atomic mass is 16.2. The molecule has 0 aromatic heterocycles. The molecule has 128 valence electrons. The molecule has 0 unspecified atom stereocenters. The molecule has 0 saturated heterocycles. The molecule has 1 aliphatic heterocycles. The Kier molecular flexibility index (Phi) is 4.20. The maximum Gasteiger partial charge on any atom is 0.262 e. The molecule has 3 amide bonds. The Bertz CT molecular complexity index is 707. The number of carbonyl (C=O) groups is 3. The van der Waals surface area contributed by atoms with E-state index in [0.29, 0.717) is 17.0 Å². The molecule has 1 saturated carbocycles. The van der Waals surface area contributed by atoms with Crippen molar-refractivity contribution in [2.45, 2.75) is 52.6 Å². The van der Waals surface area contributed by atoms with Crippen LogP contribution < -0.4 is 0 Å². The number of amides is 3. The summed E-state index contributed by atoms with van der Waals surface area (Å²) in [5, 5.41) is 0. The molecule has 2 aliphatic rings. The van der Waals surface area contributed by atoms with Crippen molar-refractivity contribution < 1.29 is 14.4 Å². The number of imide groups is 1. The molecule has 1 heterocycles. The van der Waals surface area contributed by atoms with Crippen LogP contribution in [0.2, 0.25) is 0 Å². The predicted molar refractivity (Wildman–Crippen MR) is 90.7 cm³/mol. The number of fused-ring (bicyclic) bond motifs is 1. The average molecular weight is 328 g/mol. The van der Waals surface area contributed by atoms with Gasteiger partial charge in [0.2, 0.25) is 5.91 Å².